The summed E-state index contributed by atoms with van der Waals surface area (Å²) in [5, 5.41) is 32.3. The van der Waals surface area contributed by atoms with Crippen molar-refractivity contribution >= 4 is 42.0 Å². The zero-order valence-electron chi connectivity index (χ0n) is 24.3. The molecule has 3 aromatic rings. The summed E-state index contributed by atoms with van der Waals surface area (Å²) in [6.07, 6.45) is 4.00. The van der Waals surface area contributed by atoms with Gasteiger partial charge in [-0.15, -0.1) is 0 Å². The number of aromatic hydroxyl groups is 1. The summed E-state index contributed by atoms with van der Waals surface area (Å²) in [5.74, 6) is -2.22. The molecular weight excluding hydrogens is 559 g/mol. The van der Waals surface area contributed by atoms with Crippen LogP contribution in [0, 0.1) is 27.9 Å². The Kier molecular flexibility index (Phi) is 8.20. The quantitative estimate of drug-likeness (QED) is 0.0816. The molecule has 9 nitrogen and oxygen atoms in total. The van der Waals surface area contributed by atoms with Crippen molar-refractivity contribution in [3.63, 3.8) is 0 Å². The Labute approximate surface area is 255 Å². The number of nitro benzene ring substituents is 1. The fourth-order valence-corrected chi connectivity index (χ4v) is 7.16. The number of allylic oxidation sites excluding steroid dienone is 2. The van der Waals surface area contributed by atoms with Gasteiger partial charge in [0.15, 0.2) is 0 Å². The Morgan fingerprint density at radius 1 is 1.05 bits per heavy atom. The SMILES string of the molecule is CCC1=C2[C@@H](CC/C(=C/c3cccc(O)c3)c3ccccc3)OB(O)C[C@@H]2[C@@H]2C(=O)N(c3cccc([N+](=O)[O-])c3)C(=O)[C@@H]2C1. The molecule has 0 radical (unpaired) electrons. The first-order valence-corrected chi connectivity index (χ1v) is 15.0. The van der Waals surface area contributed by atoms with Gasteiger partial charge in [-0.25, -0.2) is 4.90 Å². The van der Waals surface area contributed by atoms with E-state index >= 15 is 0 Å². The number of non-ortho nitro benzene ring substituents is 1. The van der Waals surface area contributed by atoms with E-state index in [0.717, 1.165) is 32.7 Å². The number of fused-ring (bicyclic) bond motifs is 3. The van der Waals surface area contributed by atoms with Gasteiger partial charge in [-0.05, 0) is 78.4 Å². The topological polar surface area (TPSA) is 130 Å². The van der Waals surface area contributed by atoms with Crippen molar-refractivity contribution in [1.82, 2.24) is 0 Å². The highest BCUT2D eigenvalue weighted by atomic mass is 16.6. The van der Waals surface area contributed by atoms with Crippen LogP contribution in [-0.2, 0) is 14.2 Å². The van der Waals surface area contributed by atoms with Crippen LogP contribution in [0.4, 0.5) is 11.4 Å². The highest BCUT2D eigenvalue weighted by molar-refractivity contribution is 6.43. The lowest BCUT2D eigenvalue weighted by Crippen LogP contribution is -2.46. The number of imide groups is 1. The van der Waals surface area contributed by atoms with Gasteiger partial charge in [0.05, 0.1) is 28.6 Å². The minimum atomic E-state index is -1.10. The molecule has 2 fully saturated rings. The monoisotopic (exact) mass is 592 g/mol. The van der Waals surface area contributed by atoms with Gasteiger partial charge >= 0.3 is 7.12 Å². The average molecular weight is 592 g/mol. The van der Waals surface area contributed by atoms with Crippen molar-refractivity contribution < 1.29 is 29.3 Å². The van der Waals surface area contributed by atoms with Crippen LogP contribution in [0.3, 0.4) is 0 Å². The second-order valence-corrected chi connectivity index (χ2v) is 11.6. The molecule has 224 valence electrons. The number of carbonyl (C=O) groups is 2. The van der Waals surface area contributed by atoms with Crippen molar-refractivity contribution in [2.24, 2.45) is 17.8 Å². The van der Waals surface area contributed by atoms with Gasteiger partial charge < -0.3 is 14.8 Å². The third kappa shape index (κ3) is 5.58. The van der Waals surface area contributed by atoms with Crippen molar-refractivity contribution in [3.8, 4) is 5.75 Å². The lowest BCUT2D eigenvalue weighted by atomic mass is 9.58. The molecule has 3 aromatic carbocycles. The smallest absolute Gasteiger partial charge is 0.455 e. The number of nitro groups is 1. The number of phenolic OH excluding ortho intramolecular Hbond substituents is 1. The van der Waals surface area contributed by atoms with Crippen LogP contribution < -0.4 is 4.90 Å². The molecule has 2 saturated heterocycles. The molecule has 44 heavy (non-hydrogen) atoms. The fraction of sp³-hybridized carbons (Fsp3) is 0.294. The van der Waals surface area contributed by atoms with E-state index in [1.807, 2.05) is 49.4 Å². The highest BCUT2D eigenvalue weighted by Gasteiger charge is 2.57. The second kappa shape index (κ2) is 12.2. The number of benzene rings is 3. The number of rotatable bonds is 8. The largest absolute Gasteiger partial charge is 0.508 e. The molecule has 0 saturated carbocycles. The third-order valence-electron chi connectivity index (χ3n) is 9.07. The summed E-state index contributed by atoms with van der Waals surface area (Å²) < 4.78 is 6.15. The van der Waals surface area contributed by atoms with Gasteiger partial charge in [0.25, 0.3) is 5.69 Å². The first-order chi connectivity index (χ1) is 21.2. The van der Waals surface area contributed by atoms with Crippen LogP contribution in [-0.4, -0.2) is 40.1 Å². The molecule has 2 heterocycles. The molecule has 0 aromatic heterocycles. The predicted molar refractivity (Wildman–Crippen MR) is 167 cm³/mol. The summed E-state index contributed by atoms with van der Waals surface area (Å²) in [5.41, 5.74) is 4.97. The molecule has 1 aliphatic carbocycles. The lowest BCUT2D eigenvalue weighted by Gasteiger charge is -2.43. The van der Waals surface area contributed by atoms with Crippen molar-refractivity contribution in [3.05, 3.63) is 111 Å². The molecular formula is C34H33BN2O7. The fourth-order valence-electron chi connectivity index (χ4n) is 7.16. The maximum absolute atomic E-state index is 13.9. The van der Waals surface area contributed by atoms with E-state index in [2.05, 4.69) is 0 Å². The van der Waals surface area contributed by atoms with E-state index in [0.29, 0.717) is 25.7 Å². The van der Waals surface area contributed by atoms with Gasteiger partial charge in [-0.3, -0.25) is 19.7 Å². The zero-order chi connectivity index (χ0) is 31.0. The summed E-state index contributed by atoms with van der Waals surface area (Å²) in [7, 11) is -1.10. The number of hydrogen-bond donors (Lipinski definition) is 2. The third-order valence-corrected chi connectivity index (χ3v) is 9.07. The second-order valence-electron chi connectivity index (χ2n) is 11.6. The molecule has 2 N–H and O–H groups in total. The summed E-state index contributed by atoms with van der Waals surface area (Å²) in [4.78, 5) is 39.6. The first-order valence-electron chi connectivity index (χ1n) is 15.0. The lowest BCUT2D eigenvalue weighted by molar-refractivity contribution is -0.384. The van der Waals surface area contributed by atoms with Gasteiger partial charge in [-0.1, -0.05) is 67.1 Å². The average Bonchev–Trinajstić information content (AvgIpc) is 3.28. The summed E-state index contributed by atoms with van der Waals surface area (Å²) in [6, 6.07) is 22.6. The number of anilines is 1. The minimum absolute atomic E-state index is 0.178. The van der Waals surface area contributed by atoms with Crippen LogP contribution in [0.5, 0.6) is 5.75 Å². The number of hydrogen-bond acceptors (Lipinski definition) is 7. The first kappa shape index (κ1) is 29.5. The molecule has 6 rings (SSSR count). The molecule has 0 unspecified atom stereocenters. The van der Waals surface area contributed by atoms with Crippen LogP contribution in [0.2, 0.25) is 6.32 Å². The molecule has 4 atom stereocenters. The molecule has 2 amide bonds. The maximum atomic E-state index is 13.9. The van der Waals surface area contributed by atoms with Crippen molar-refractivity contribution in [2.45, 2.75) is 45.0 Å². The summed E-state index contributed by atoms with van der Waals surface area (Å²) in [6.45, 7) is 2.03. The number of nitrogens with zero attached hydrogens (tertiary/aromatic N) is 2. The molecule has 0 spiro atoms. The number of phenols is 1. The molecule has 2 aliphatic heterocycles. The van der Waals surface area contributed by atoms with Crippen molar-refractivity contribution in [2.75, 3.05) is 4.90 Å². The van der Waals surface area contributed by atoms with Gasteiger partial charge in [-0.2, -0.15) is 0 Å². The van der Waals surface area contributed by atoms with Gasteiger partial charge in [0.2, 0.25) is 11.8 Å². The van der Waals surface area contributed by atoms with E-state index in [4.69, 9.17) is 4.65 Å². The predicted octanol–water partition coefficient (Wildman–Crippen LogP) is 6.03. The van der Waals surface area contributed by atoms with E-state index in [1.165, 1.54) is 18.2 Å². The maximum Gasteiger partial charge on any atom is 0.455 e. The molecule has 3 aliphatic rings. The van der Waals surface area contributed by atoms with Crippen LogP contribution in [0.15, 0.2) is 90.0 Å². The van der Waals surface area contributed by atoms with Crippen LogP contribution in [0.1, 0.15) is 43.7 Å². The van der Waals surface area contributed by atoms with Gasteiger partial charge in [0.1, 0.15) is 5.75 Å². The standard InChI is InChI=1S/C34H33BN2O7/c1-2-22-18-28-32(34(40)36(33(28)39)25-11-7-12-26(19-25)37(42)43)29-20-35(41)44-30(31(22)29)15-14-24(23-9-4-3-5-10-23)16-21-8-6-13-27(38)17-21/h3-13,16-17,19,28-30,32,38,41H,2,14-15,18,20H2,1H3/b24-16-/t28-,29+,30-,32-/m1/s1. The molecule has 10 heteroatoms. The zero-order valence-corrected chi connectivity index (χ0v) is 24.3. The van der Waals surface area contributed by atoms with E-state index < -0.39 is 30.0 Å². The Bertz CT molecular complexity index is 1670. The van der Waals surface area contributed by atoms with Crippen LogP contribution in [0.25, 0.3) is 11.6 Å². The van der Waals surface area contributed by atoms with E-state index in [1.54, 1.807) is 24.3 Å². The Morgan fingerprint density at radius 3 is 2.55 bits per heavy atom. The number of carbonyl (C=O) groups excluding carboxylic acids is 2. The number of amides is 2. The van der Waals surface area contributed by atoms with Gasteiger partial charge in [0, 0.05) is 12.1 Å². The van der Waals surface area contributed by atoms with Crippen molar-refractivity contribution in [1.29, 1.82) is 0 Å². The van der Waals surface area contributed by atoms with Crippen LogP contribution >= 0.6 is 0 Å². The van der Waals surface area contributed by atoms with E-state index in [9.17, 15) is 29.8 Å². The summed E-state index contributed by atoms with van der Waals surface area (Å²) >= 11 is 0. The molecule has 0 bridgehead atoms. The Morgan fingerprint density at radius 2 is 1.82 bits per heavy atom. The normalized spacial score (nSPS) is 23.5. The Balaban J connectivity index is 1.31. The van der Waals surface area contributed by atoms with E-state index in [-0.39, 0.29) is 41.2 Å². The highest BCUT2D eigenvalue weighted by Crippen LogP contribution is 2.52. The minimum Gasteiger partial charge on any atom is -0.508 e. The Hall–Kier alpha value is -4.54.